The highest BCUT2D eigenvalue weighted by atomic mass is 19.1. The molecule has 0 saturated heterocycles. The van der Waals surface area contributed by atoms with Gasteiger partial charge >= 0.3 is 0 Å². The molecule has 30 heavy (non-hydrogen) atoms. The minimum atomic E-state index is -0.332. The molecule has 4 aromatic rings. The Morgan fingerprint density at radius 3 is 2.43 bits per heavy atom. The second-order valence-electron chi connectivity index (χ2n) is 6.54. The summed E-state index contributed by atoms with van der Waals surface area (Å²) in [5.41, 5.74) is 2.83. The number of halogens is 1. The van der Waals surface area contributed by atoms with Crippen molar-refractivity contribution in [2.24, 2.45) is 0 Å². The fourth-order valence-corrected chi connectivity index (χ4v) is 2.98. The first-order valence-electron chi connectivity index (χ1n) is 9.24. The molecule has 0 aliphatic carbocycles. The third kappa shape index (κ3) is 4.35. The molecule has 0 fully saturated rings. The molecular weight excluding hydrogens is 385 g/mol. The Labute approximate surface area is 172 Å². The Kier molecular flexibility index (Phi) is 5.52. The van der Waals surface area contributed by atoms with Crippen LogP contribution in [0, 0.1) is 5.82 Å². The fraction of sp³-hybridized carbons (Fsp3) is 0.0870. The van der Waals surface area contributed by atoms with Crippen molar-refractivity contribution in [3.05, 3.63) is 84.2 Å². The number of hydrogen-bond donors (Lipinski definition) is 1. The molecule has 0 radical (unpaired) electrons. The van der Waals surface area contributed by atoms with Crippen molar-refractivity contribution in [1.29, 1.82) is 0 Å². The van der Waals surface area contributed by atoms with E-state index in [0.717, 1.165) is 11.1 Å². The molecular formula is C23H18FN3O3. The van der Waals surface area contributed by atoms with Gasteiger partial charge in [0.1, 0.15) is 11.6 Å². The van der Waals surface area contributed by atoms with Crippen molar-refractivity contribution < 1.29 is 18.4 Å². The summed E-state index contributed by atoms with van der Waals surface area (Å²) in [4.78, 5) is 16.7. The number of carbonyl (C=O) groups excluding carboxylic acids is 1. The van der Waals surface area contributed by atoms with Crippen LogP contribution in [0.3, 0.4) is 0 Å². The van der Waals surface area contributed by atoms with Gasteiger partial charge in [0.2, 0.25) is 11.7 Å². The number of ether oxygens (including phenoxy) is 1. The van der Waals surface area contributed by atoms with Crippen LogP contribution in [0.1, 0.15) is 5.56 Å². The summed E-state index contributed by atoms with van der Waals surface area (Å²) in [5, 5.41) is 6.83. The van der Waals surface area contributed by atoms with Crippen LogP contribution < -0.4 is 10.1 Å². The van der Waals surface area contributed by atoms with Crippen LogP contribution >= 0.6 is 0 Å². The number of hydrogen-bond acceptors (Lipinski definition) is 5. The molecule has 1 amide bonds. The normalized spacial score (nSPS) is 10.6. The van der Waals surface area contributed by atoms with Crippen molar-refractivity contribution in [2.75, 3.05) is 12.4 Å². The summed E-state index contributed by atoms with van der Waals surface area (Å²) in [6.07, 6.45) is 0.206. The predicted octanol–water partition coefficient (Wildman–Crippen LogP) is 4.73. The molecule has 7 heteroatoms. The molecule has 1 N–H and O–H groups in total. The SMILES string of the molecule is COc1ccccc1CC(=O)Nc1ccc(-c2noc(-c3ccc(F)cc3)n2)cc1. The zero-order valence-electron chi connectivity index (χ0n) is 16.1. The molecule has 1 aromatic heterocycles. The van der Waals surface area contributed by atoms with Crippen molar-refractivity contribution in [3.8, 4) is 28.6 Å². The summed E-state index contributed by atoms with van der Waals surface area (Å²) < 4.78 is 23.6. The van der Waals surface area contributed by atoms with Gasteiger partial charge in [-0.15, -0.1) is 0 Å². The zero-order valence-corrected chi connectivity index (χ0v) is 16.1. The van der Waals surface area contributed by atoms with Crippen molar-refractivity contribution in [2.45, 2.75) is 6.42 Å². The summed E-state index contributed by atoms with van der Waals surface area (Å²) in [6, 6.07) is 20.3. The van der Waals surface area contributed by atoms with Gasteiger partial charge in [0.15, 0.2) is 0 Å². The van der Waals surface area contributed by atoms with Gasteiger partial charge in [0.25, 0.3) is 5.89 Å². The van der Waals surface area contributed by atoms with Crippen LogP contribution in [0.15, 0.2) is 77.3 Å². The number of aromatic nitrogens is 2. The van der Waals surface area contributed by atoms with E-state index in [4.69, 9.17) is 9.26 Å². The van der Waals surface area contributed by atoms with Crippen LogP contribution in [-0.2, 0) is 11.2 Å². The Hall–Kier alpha value is -4.00. The molecule has 0 atom stereocenters. The first kappa shape index (κ1) is 19.3. The lowest BCUT2D eigenvalue weighted by Gasteiger charge is -2.09. The monoisotopic (exact) mass is 403 g/mol. The molecule has 6 nitrogen and oxygen atoms in total. The molecule has 0 unspecified atom stereocenters. The van der Waals surface area contributed by atoms with E-state index in [0.29, 0.717) is 28.7 Å². The minimum absolute atomic E-state index is 0.148. The van der Waals surface area contributed by atoms with Crippen molar-refractivity contribution in [3.63, 3.8) is 0 Å². The standard InChI is InChI=1S/C23H18FN3O3/c1-29-20-5-3-2-4-17(20)14-21(28)25-19-12-8-15(9-13-19)22-26-23(30-27-22)16-6-10-18(24)11-7-16/h2-13H,14H2,1H3,(H,25,28). The Bertz CT molecular complexity index is 1160. The predicted molar refractivity (Wildman–Crippen MR) is 110 cm³/mol. The molecule has 0 aliphatic heterocycles. The minimum Gasteiger partial charge on any atom is -0.496 e. The smallest absolute Gasteiger partial charge is 0.258 e. The third-order valence-electron chi connectivity index (χ3n) is 4.49. The van der Waals surface area contributed by atoms with Gasteiger partial charge in [-0.25, -0.2) is 4.39 Å². The maximum absolute atomic E-state index is 13.1. The quantitative estimate of drug-likeness (QED) is 0.504. The summed E-state index contributed by atoms with van der Waals surface area (Å²) in [6.45, 7) is 0. The summed E-state index contributed by atoms with van der Waals surface area (Å²) >= 11 is 0. The largest absolute Gasteiger partial charge is 0.496 e. The van der Waals surface area contributed by atoms with Gasteiger partial charge in [-0.3, -0.25) is 4.79 Å². The van der Waals surface area contributed by atoms with Crippen LogP contribution in [0.2, 0.25) is 0 Å². The maximum Gasteiger partial charge on any atom is 0.258 e. The zero-order chi connectivity index (χ0) is 20.9. The first-order valence-corrected chi connectivity index (χ1v) is 9.24. The van der Waals surface area contributed by atoms with E-state index in [2.05, 4.69) is 15.5 Å². The molecule has 3 aromatic carbocycles. The third-order valence-corrected chi connectivity index (χ3v) is 4.49. The number of rotatable bonds is 6. The van der Waals surface area contributed by atoms with E-state index in [-0.39, 0.29) is 18.1 Å². The van der Waals surface area contributed by atoms with Gasteiger partial charge in [-0.1, -0.05) is 23.4 Å². The molecule has 0 aliphatic rings. The molecule has 150 valence electrons. The lowest BCUT2D eigenvalue weighted by Crippen LogP contribution is -2.14. The maximum atomic E-state index is 13.1. The van der Waals surface area contributed by atoms with E-state index in [1.54, 1.807) is 43.5 Å². The van der Waals surface area contributed by atoms with Gasteiger partial charge in [0.05, 0.1) is 13.5 Å². The van der Waals surface area contributed by atoms with Gasteiger partial charge in [0, 0.05) is 22.4 Å². The van der Waals surface area contributed by atoms with E-state index < -0.39 is 0 Å². The molecule has 0 bridgehead atoms. The highest BCUT2D eigenvalue weighted by Crippen LogP contribution is 2.24. The number of carbonyl (C=O) groups is 1. The van der Waals surface area contributed by atoms with Crippen LogP contribution in [-0.4, -0.2) is 23.2 Å². The van der Waals surface area contributed by atoms with E-state index in [1.807, 2.05) is 24.3 Å². The van der Waals surface area contributed by atoms with Crippen LogP contribution in [0.5, 0.6) is 5.75 Å². The molecule has 1 heterocycles. The Balaban J connectivity index is 1.43. The number of benzene rings is 3. The second-order valence-corrected chi connectivity index (χ2v) is 6.54. The first-order chi connectivity index (χ1) is 14.6. The van der Waals surface area contributed by atoms with E-state index in [9.17, 15) is 9.18 Å². The van der Waals surface area contributed by atoms with E-state index >= 15 is 0 Å². The Morgan fingerprint density at radius 2 is 1.70 bits per heavy atom. The lowest BCUT2D eigenvalue weighted by atomic mass is 10.1. The van der Waals surface area contributed by atoms with E-state index in [1.165, 1.54) is 12.1 Å². The van der Waals surface area contributed by atoms with Crippen molar-refractivity contribution in [1.82, 2.24) is 10.1 Å². The average molecular weight is 403 g/mol. The number of anilines is 1. The average Bonchev–Trinajstić information content (AvgIpc) is 3.25. The number of nitrogens with zero attached hydrogens (tertiary/aromatic N) is 2. The van der Waals surface area contributed by atoms with Crippen LogP contribution in [0.25, 0.3) is 22.8 Å². The van der Waals surface area contributed by atoms with Crippen LogP contribution in [0.4, 0.5) is 10.1 Å². The number of nitrogens with one attached hydrogen (secondary N) is 1. The summed E-state index contributed by atoms with van der Waals surface area (Å²) in [5.74, 6) is 0.907. The highest BCUT2D eigenvalue weighted by Gasteiger charge is 2.12. The lowest BCUT2D eigenvalue weighted by molar-refractivity contribution is -0.115. The number of para-hydroxylation sites is 1. The van der Waals surface area contributed by atoms with Gasteiger partial charge in [-0.2, -0.15) is 4.98 Å². The molecule has 4 rings (SSSR count). The Morgan fingerprint density at radius 1 is 1.00 bits per heavy atom. The topological polar surface area (TPSA) is 77.2 Å². The second kappa shape index (κ2) is 8.57. The highest BCUT2D eigenvalue weighted by molar-refractivity contribution is 5.92. The van der Waals surface area contributed by atoms with Gasteiger partial charge in [-0.05, 0) is 54.6 Å². The number of methoxy groups -OCH3 is 1. The fourth-order valence-electron chi connectivity index (χ4n) is 2.98. The molecule has 0 spiro atoms. The van der Waals surface area contributed by atoms with Gasteiger partial charge < -0.3 is 14.6 Å². The summed E-state index contributed by atoms with van der Waals surface area (Å²) in [7, 11) is 1.58. The molecule has 0 saturated carbocycles. The van der Waals surface area contributed by atoms with Crippen molar-refractivity contribution >= 4 is 11.6 Å². The number of amides is 1.